The lowest BCUT2D eigenvalue weighted by molar-refractivity contribution is 0.198. The fourth-order valence-corrected chi connectivity index (χ4v) is 1.86. The van der Waals surface area contributed by atoms with Crippen LogP contribution in [0.4, 0.5) is 11.7 Å². The average Bonchev–Trinajstić information content (AvgIpc) is 2.86. The Balaban J connectivity index is 1.92. The fourth-order valence-electron chi connectivity index (χ4n) is 1.58. The highest BCUT2D eigenvalue weighted by atomic mass is 35.5. The van der Waals surface area contributed by atoms with E-state index in [0.717, 1.165) is 17.8 Å². The Labute approximate surface area is 122 Å². The molecule has 1 aromatic carbocycles. The van der Waals surface area contributed by atoms with Gasteiger partial charge in [0.15, 0.2) is 0 Å². The van der Waals surface area contributed by atoms with Crippen molar-refractivity contribution < 1.29 is 9.15 Å². The Morgan fingerprint density at radius 3 is 2.95 bits per heavy atom. The van der Waals surface area contributed by atoms with E-state index in [1.165, 1.54) is 0 Å². The van der Waals surface area contributed by atoms with Crippen LogP contribution in [0.2, 0.25) is 5.02 Å². The Bertz CT molecular complexity index is 559. The molecule has 0 spiro atoms. The zero-order chi connectivity index (χ0) is 14.4. The summed E-state index contributed by atoms with van der Waals surface area (Å²) in [7, 11) is 1.65. The standard InChI is InChI=1S/C13H17ClN4O2/c1-9-3-4-11(10(14)7-9)16-13-18-17-12(20-13)8-15-5-6-19-2/h3-4,7,15H,5-6,8H2,1-2H3,(H,16,18). The van der Waals surface area contributed by atoms with Crippen LogP contribution < -0.4 is 10.6 Å². The summed E-state index contributed by atoms with van der Waals surface area (Å²) in [6, 6.07) is 6.02. The molecule has 0 saturated carbocycles. The third-order valence-corrected chi connectivity index (χ3v) is 2.90. The zero-order valence-electron chi connectivity index (χ0n) is 11.4. The van der Waals surface area contributed by atoms with Crippen molar-refractivity contribution in [2.45, 2.75) is 13.5 Å². The summed E-state index contributed by atoms with van der Waals surface area (Å²) in [5.41, 5.74) is 1.83. The summed E-state index contributed by atoms with van der Waals surface area (Å²) in [5, 5.41) is 14.6. The molecular formula is C13H17ClN4O2. The minimum Gasteiger partial charge on any atom is -0.406 e. The lowest BCUT2D eigenvalue weighted by atomic mass is 10.2. The van der Waals surface area contributed by atoms with E-state index in [1.807, 2.05) is 25.1 Å². The third kappa shape index (κ3) is 4.19. The van der Waals surface area contributed by atoms with Crippen LogP contribution in [0.15, 0.2) is 22.6 Å². The topological polar surface area (TPSA) is 72.2 Å². The summed E-state index contributed by atoms with van der Waals surface area (Å²) in [5.74, 6) is 0.506. The van der Waals surface area contributed by atoms with E-state index >= 15 is 0 Å². The molecule has 0 amide bonds. The minimum atomic E-state index is 0.319. The van der Waals surface area contributed by atoms with Crippen LogP contribution in [-0.4, -0.2) is 30.5 Å². The van der Waals surface area contributed by atoms with Gasteiger partial charge in [-0.1, -0.05) is 22.8 Å². The van der Waals surface area contributed by atoms with Gasteiger partial charge in [-0.05, 0) is 24.6 Å². The molecule has 6 nitrogen and oxygen atoms in total. The quantitative estimate of drug-likeness (QED) is 0.765. The van der Waals surface area contributed by atoms with Crippen LogP contribution in [0.25, 0.3) is 0 Å². The van der Waals surface area contributed by atoms with E-state index in [1.54, 1.807) is 7.11 Å². The van der Waals surface area contributed by atoms with E-state index in [0.29, 0.717) is 30.1 Å². The highest BCUT2D eigenvalue weighted by molar-refractivity contribution is 6.33. The van der Waals surface area contributed by atoms with Crippen molar-refractivity contribution >= 4 is 23.3 Å². The van der Waals surface area contributed by atoms with Crippen molar-refractivity contribution in [1.29, 1.82) is 0 Å². The first-order valence-electron chi connectivity index (χ1n) is 6.24. The lowest BCUT2D eigenvalue weighted by Crippen LogP contribution is -2.18. The summed E-state index contributed by atoms with van der Waals surface area (Å²) < 4.78 is 10.4. The van der Waals surface area contributed by atoms with Crippen LogP contribution in [0.3, 0.4) is 0 Å². The largest absolute Gasteiger partial charge is 0.406 e. The van der Waals surface area contributed by atoms with Gasteiger partial charge in [0.2, 0.25) is 5.89 Å². The second-order valence-corrected chi connectivity index (χ2v) is 4.69. The maximum absolute atomic E-state index is 6.13. The molecule has 2 rings (SSSR count). The average molecular weight is 297 g/mol. The maximum Gasteiger partial charge on any atom is 0.320 e. The molecule has 2 N–H and O–H groups in total. The van der Waals surface area contributed by atoms with E-state index in [9.17, 15) is 0 Å². The van der Waals surface area contributed by atoms with Crippen LogP contribution in [0.1, 0.15) is 11.5 Å². The van der Waals surface area contributed by atoms with Crippen molar-refractivity contribution in [3.8, 4) is 0 Å². The Kier molecular flexibility index (Phi) is 5.34. The van der Waals surface area contributed by atoms with Gasteiger partial charge in [-0.2, -0.15) is 0 Å². The molecule has 7 heteroatoms. The van der Waals surface area contributed by atoms with Gasteiger partial charge in [0.1, 0.15) is 0 Å². The Morgan fingerprint density at radius 2 is 2.20 bits per heavy atom. The first kappa shape index (κ1) is 14.8. The lowest BCUT2D eigenvalue weighted by Gasteiger charge is -2.04. The number of aryl methyl sites for hydroxylation is 1. The summed E-state index contributed by atoms with van der Waals surface area (Å²) in [4.78, 5) is 0. The maximum atomic E-state index is 6.13. The van der Waals surface area contributed by atoms with E-state index in [2.05, 4.69) is 20.8 Å². The summed E-state index contributed by atoms with van der Waals surface area (Å²) in [6.45, 7) is 3.84. The number of nitrogens with one attached hydrogen (secondary N) is 2. The first-order valence-corrected chi connectivity index (χ1v) is 6.62. The fraction of sp³-hybridized carbons (Fsp3) is 0.385. The van der Waals surface area contributed by atoms with Crippen molar-refractivity contribution in [2.24, 2.45) is 0 Å². The number of anilines is 2. The number of methoxy groups -OCH3 is 1. The van der Waals surface area contributed by atoms with Gasteiger partial charge in [-0.15, -0.1) is 5.10 Å². The Morgan fingerprint density at radius 1 is 1.35 bits per heavy atom. The molecule has 0 bridgehead atoms. The minimum absolute atomic E-state index is 0.319. The number of benzene rings is 1. The molecule has 0 aliphatic carbocycles. The molecule has 0 atom stereocenters. The van der Waals surface area contributed by atoms with Crippen molar-refractivity contribution in [2.75, 3.05) is 25.6 Å². The molecule has 2 aromatic rings. The summed E-state index contributed by atoms with van der Waals surface area (Å²) in [6.07, 6.45) is 0. The SMILES string of the molecule is COCCNCc1nnc(Nc2ccc(C)cc2Cl)o1. The van der Waals surface area contributed by atoms with Crippen LogP contribution in [0, 0.1) is 6.92 Å². The number of hydrogen-bond acceptors (Lipinski definition) is 6. The molecular weight excluding hydrogens is 280 g/mol. The monoisotopic (exact) mass is 296 g/mol. The molecule has 1 heterocycles. The number of rotatable bonds is 7. The number of ether oxygens (including phenoxy) is 1. The van der Waals surface area contributed by atoms with E-state index in [-0.39, 0.29) is 0 Å². The van der Waals surface area contributed by atoms with Crippen molar-refractivity contribution in [3.63, 3.8) is 0 Å². The Hall–Kier alpha value is -1.63. The van der Waals surface area contributed by atoms with Gasteiger partial charge < -0.3 is 19.8 Å². The van der Waals surface area contributed by atoms with E-state index < -0.39 is 0 Å². The molecule has 20 heavy (non-hydrogen) atoms. The summed E-state index contributed by atoms with van der Waals surface area (Å²) >= 11 is 6.13. The molecule has 0 aliphatic rings. The molecule has 108 valence electrons. The van der Waals surface area contributed by atoms with Gasteiger partial charge >= 0.3 is 6.01 Å². The predicted octanol–water partition coefficient (Wildman–Crippen LogP) is 2.51. The molecule has 0 radical (unpaired) electrons. The molecule has 0 unspecified atom stereocenters. The van der Waals surface area contributed by atoms with Gasteiger partial charge in [-0.3, -0.25) is 0 Å². The number of aromatic nitrogens is 2. The van der Waals surface area contributed by atoms with E-state index in [4.69, 9.17) is 20.8 Å². The van der Waals surface area contributed by atoms with Gasteiger partial charge in [-0.25, -0.2) is 0 Å². The molecule has 0 saturated heterocycles. The molecule has 0 fully saturated rings. The highest BCUT2D eigenvalue weighted by Gasteiger charge is 2.08. The molecule has 1 aromatic heterocycles. The number of halogens is 1. The smallest absolute Gasteiger partial charge is 0.320 e. The number of hydrogen-bond donors (Lipinski definition) is 2. The first-order chi connectivity index (χ1) is 9.69. The van der Waals surface area contributed by atoms with Gasteiger partial charge in [0.25, 0.3) is 0 Å². The molecule has 0 aliphatic heterocycles. The highest BCUT2D eigenvalue weighted by Crippen LogP contribution is 2.25. The van der Waals surface area contributed by atoms with Crippen LogP contribution >= 0.6 is 11.6 Å². The van der Waals surface area contributed by atoms with Gasteiger partial charge in [0, 0.05) is 13.7 Å². The zero-order valence-corrected chi connectivity index (χ0v) is 12.2. The predicted molar refractivity (Wildman–Crippen MR) is 77.4 cm³/mol. The normalized spacial score (nSPS) is 10.8. The van der Waals surface area contributed by atoms with Crippen LogP contribution in [0.5, 0.6) is 0 Å². The van der Waals surface area contributed by atoms with Crippen molar-refractivity contribution in [3.05, 3.63) is 34.7 Å². The van der Waals surface area contributed by atoms with Crippen LogP contribution in [-0.2, 0) is 11.3 Å². The second kappa shape index (κ2) is 7.23. The van der Waals surface area contributed by atoms with Crippen molar-refractivity contribution in [1.82, 2.24) is 15.5 Å². The van der Waals surface area contributed by atoms with Gasteiger partial charge in [0.05, 0.1) is 23.9 Å². The third-order valence-electron chi connectivity index (χ3n) is 2.59. The number of nitrogens with zero attached hydrogens (tertiary/aromatic N) is 2. The second-order valence-electron chi connectivity index (χ2n) is 4.28.